The van der Waals surface area contributed by atoms with Crippen LogP contribution in [0.25, 0.3) is 11.3 Å². The van der Waals surface area contributed by atoms with Crippen LogP contribution >= 0.6 is 0 Å². The number of aromatic nitrogens is 4. The van der Waals surface area contributed by atoms with Gasteiger partial charge in [0.25, 0.3) is 0 Å². The van der Waals surface area contributed by atoms with Crippen LogP contribution in [0.3, 0.4) is 0 Å². The van der Waals surface area contributed by atoms with E-state index >= 15 is 0 Å². The van der Waals surface area contributed by atoms with E-state index in [1.165, 1.54) is 6.26 Å². The van der Waals surface area contributed by atoms with Gasteiger partial charge in [-0.2, -0.15) is 0 Å². The van der Waals surface area contributed by atoms with Gasteiger partial charge in [0.2, 0.25) is 5.78 Å². The summed E-state index contributed by atoms with van der Waals surface area (Å²) in [4.78, 5) is 12.5. The number of benzene rings is 1. The molecule has 3 aromatic rings. The molecule has 0 atom stereocenters. The van der Waals surface area contributed by atoms with Crippen LogP contribution in [0.4, 0.5) is 0 Å². The molecule has 3 rings (SSSR count). The monoisotopic (exact) mass is 268 g/mol. The lowest BCUT2D eigenvalue weighted by Crippen LogP contribution is -2.05. The number of carbonyl (C=O) groups excluding carboxylic acids is 1. The van der Waals surface area contributed by atoms with Gasteiger partial charge in [-0.1, -0.05) is 40.7 Å². The molecule has 0 N–H and O–H groups in total. The quantitative estimate of drug-likeness (QED) is 0.679. The number of hydrogen-bond donors (Lipinski definition) is 0. The Morgan fingerprint density at radius 3 is 2.65 bits per heavy atom. The van der Waals surface area contributed by atoms with Crippen molar-refractivity contribution in [1.82, 2.24) is 20.2 Å². The van der Waals surface area contributed by atoms with Crippen LogP contribution in [0.2, 0.25) is 0 Å². The first kappa shape index (κ1) is 12.3. The second-order valence-electron chi connectivity index (χ2n) is 4.42. The first-order valence-electron chi connectivity index (χ1n) is 6.09. The van der Waals surface area contributed by atoms with E-state index < -0.39 is 0 Å². The maximum absolute atomic E-state index is 12.5. The lowest BCUT2D eigenvalue weighted by atomic mass is 10.0. The Morgan fingerprint density at radius 1 is 1.25 bits per heavy atom. The van der Waals surface area contributed by atoms with Gasteiger partial charge in [0.05, 0.1) is 11.3 Å². The van der Waals surface area contributed by atoms with Crippen LogP contribution in [-0.4, -0.2) is 25.9 Å². The molecule has 0 bridgehead atoms. The van der Waals surface area contributed by atoms with Crippen LogP contribution < -0.4 is 0 Å². The van der Waals surface area contributed by atoms with Crippen molar-refractivity contribution in [3.63, 3.8) is 0 Å². The third kappa shape index (κ3) is 1.91. The minimum Gasteiger partial charge on any atom is -0.363 e. The zero-order valence-electron chi connectivity index (χ0n) is 11.1. The normalized spacial score (nSPS) is 10.7. The van der Waals surface area contributed by atoms with Crippen molar-refractivity contribution < 1.29 is 9.32 Å². The highest BCUT2D eigenvalue weighted by molar-refractivity contribution is 6.11. The van der Waals surface area contributed by atoms with Gasteiger partial charge in [0.1, 0.15) is 12.0 Å². The molecule has 0 aliphatic rings. The third-order valence-corrected chi connectivity index (χ3v) is 3.18. The van der Waals surface area contributed by atoms with E-state index in [0.29, 0.717) is 22.6 Å². The lowest BCUT2D eigenvalue weighted by molar-refractivity contribution is 0.103. The van der Waals surface area contributed by atoms with E-state index in [9.17, 15) is 4.79 Å². The molecule has 0 unspecified atom stereocenters. The molecule has 2 aromatic heterocycles. The van der Waals surface area contributed by atoms with E-state index in [1.54, 1.807) is 18.7 Å². The summed E-state index contributed by atoms with van der Waals surface area (Å²) in [7, 11) is 1.74. The molecule has 0 aliphatic heterocycles. The second-order valence-corrected chi connectivity index (χ2v) is 4.42. The largest absolute Gasteiger partial charge is 0.363 e. The number of hydrogen-bond acceptors (Lipinski definition) is 5. The summed E-state index contributed by atoms with van der Waals surface area (Å²) in [6.45, 7) is 1.79. The molecule has 0 fully saturated rings. The molecule has 2 heterocycles. The molecule has 100 valence electrons. The molecular weight excluding hydrogens is 256 g/mol. The van der Waals surface area contributed by atoms with Crippen molar-refractivity contribution in [1.29, 1.82) is 0 Å². The molecule has 0 spiro atoms. The summed E-state index contributed by atoms with van der Waals surface area (Å²) in [5, 5.41) is 11.7. The van der Waals surface area contributed by atoms with Gasteiger partial charge in [0.15, 0.2) is 5.69 Å². The molecular formula is C14H12N4O2. The summed E-state index contributed by atoms with van der Waals surface area (Å²) >= 11 is 0. The van der Waals surface area contributed by atoms with E-state index in [1.807, 2.05) is 30.3 Å². The van der Waals surface area contributed by atoms with E-state index in [0.717, 1.165) is 5.56 Å². The summed E-state index contributed by atoms with van der Waals surface area (Å²) in [5.41, 5.74) is 2.75. The van der Waals surface area contributed by atoms with E-state index in [4.69, 9.17) is 4.52 Å². The summed E-state index contributed by atoms with van der Waals surface area (Å²) < 4.78 is 6.52. The van der Waals surface area contributed by atoms with Crippen molar-refractivity contribution in [3.05, 3.63) is 53.5 Å². The van der Waals surface area contributed by atoms with Gasteiger partial charge < -0.3 is 4.52 Å². The van der Waals surface area contributed by atoms with Gasteiger partial charge in [-0.15, -0.1) is 5.10 Å². The molecule has 20 heavy (non-hydrogen) atoms. The average molecular weight is 268 g/mol. The zero-order valence-corrected chi connectivity index (χ0v) is 11.1. The molecule has 6 heteroatoms. The molecule has 0 saturated carbocycles. The van der Waals surface area contributed by atoms with E-state index in [2.05, 4.69) is 15.5 Å². The van der Waals surface area contributed by atoms with Crippen molar-refractivity contribution in [2.75, 3.05) is 0 Å². The Morgan fingerprint density at radius 2 is 2.00 bits per heavy atom. The number of nitrogens with zero attached hydrogens (tertiary/aromatic N) is 4. The topological polar surface area (TPSA) is 73.8 Å². The van der Waals surface area contributed by atoms with Crippen molar-refractivity contribution >= 4 is 5.78 Å². The Labute approximate surface area is 115 Å². The fourth-order valence-corrected chi connectivity index (χ4v) is 1.94. The van der Waals surface area contributed by atoms with Gasteiger partial charge in [-0.05, 0) is 6.92 Å². The average Bonchev–Trinajstić information content (AvgIpc) is 3.08. The minimum atomic E-state index is -0.240. The Hall–Kier alpha value is -2.76. The number of carbonyl (C=O) groups is 1. The van der Waals surface area contributed by atoms with Crippen LogP contribution in [-0.2, 0) is 7.05 Å². The second kappa shape index (κ2) is 4.73. The first-order valence-corrected chi connectivity index (χ1v) is 6.09. The van der Waals surface area contributed by atoms with Crippen molar-refractivity contribution in [3.8, 4) is 11.3 Å². The number of aryl methyl sites for hydroxylation is 1. The molecule has 0 aliphatic carbocycles. The maximum atomic E-state index is 12.5. The SMILES string of the molecule is Cc1c(C(=O)c2conc2-c2ccccc2)nnn1C. The molecule has 0 saturated heterocycles. The summed E-state index contributed by atoms with van der Waals surface area (Å²) in [6, 6.07) is 9.41. The highest BCUT2D eigenvalue weighted by atomic mass is 16.5. The van der Waals surface area contributed by atoms with Crippen LogP contribution in [0.1, 0.15) is 21.7 Å². The summed E-state index contributed by atoms with van der Waals surface area (Å²) in [5.74, 6) is -0.240. The first-order chi connectivity index (χ1) is 9.68. The van der Waals surface area contributed by atoms with Gasteiger partial charge >= 0.3 is 0 Å². The van der Waals surface area contributed by atoms with Crippen molar-refractivity contribution in [2.24, 2.45) is 7.05 Å². The minimum absolute atomic E-state index is 0.240. The Bertz CT molecular complexity index is 759. The zero-order chi connectivity index (χ0) is 14.1. The molecule has 1 aromatic carbocycles. The highest BCUT2D eigenvalue weighted by Gasteiger charge is 2.23. The Balaban J connectivity index is 2.06. The predicted octanol–water partition coefficient (Wildman–Crippen LogP) is 2.01. The fourth-order valence-electron chi connectivity index (χ4n) is 1.94. The van der Waals surface area contributed by atoms with Crippen LogP contribution in [0.15, 0.2) is 41.1 Å². The third-order valence-electron chi connectivity index (χ3n) is 3.18. The van der Waals surface area contributed by atoms with Crippen LogP contribution in [0, 0.1) is 6.92 Å². The smallest absolute Gasteiger partial charge is 0.220 e. The molecule has 6 nitrogen and oxygen atoms in total. The lowest BCUT2D eigenvalue weighted by Gasteiger charge is -1.99. The molecule has 0 amide bonds. The number of rotatable bonds is 3. The highest BCUT2D eigenvalue weighted by Crippen LogP contribution is 2.24. The van der Waals surface area contributed by atoms with E-state index in [-0.39, 0.29) is 5.78 Å². The standard InChI is InChI=1S/C14H12N4O2/c1-9-12(15-17-18(9)2)14(19)11-8-20-16-13(11)10-6-4-3-5-7-10/h3-8H,1-2H3. The maximum Gasteiger partial charge on any atom is 0.220 e. The summed E-state index contributed by atoms with van der Waals surface area (Å²) in [6.07, 6.45) is 1.35. The molecule has 0 radical (unpaired) electrons. The number of ketones is 1. The van der Waals surface area contributed by atoms with Crippen LogP contribution in [0.5, 0.6) is 0 Å². The van der Waals surface area contributed by atoms with Crippen molar-refractivity contribution in [2.45, 2.75) is 6.92 Å². The van der Waals surface area contributed by atoms with Gasteiger partial charge in [-0.3, -0.25) is 9.48 Å². The fraction of sp³-hybridized carbons (Fsp3) is 0.143. The van der Waals surface area contributed by atoms with Gasteiger partial charge in [-0.25, -0.2) is 0 Å². The van der Waals surface area contributed by atoms with Gasteiger partial charge in [0, 0.05) is 12.6 Å². The Kier molecular flexibility index (Phi) is 2.90. The predicted molar refractivity (Wildman–Crippen MR) is 71.1 cm³/mol.